The van der Waals surface area contributed by atoms with Gasteiger partial charge in [0.2, 0.25) is 0 Å². The Bertz CT molecular complexity index is 331. The van der Waals surface area contributed by atoms with Crippen molar-refractivity contribution in [1.29, 1.82) is 0 Å². The molecule has 0 aromatic carbocycles. The molecule has 2 N–H and O–H groups in total. The van der Waals surface area contributed by atoms with Crippen LogP contribution in [0.4, 0.5) is 4.79 Å². The number of hydrogen-bond acceptors (Lipinski definition) is 4. The van der Waals surface area contributed by atoms with E-state index in [1.165, 1.54) is 13.8 Å². The lowest BCUT2D eigenvalue weighted by molar-refractivity contribution is -0.146. The molecule has 1 amide bonds. The van der Waals surface area contributed by atoms with Crippen molar-refractivity contribution in [2.24, 2.45) is 0 Å². The van der Waals surface area contributed by atoms with Crippen LogP contribution in [0.25, 0.3) is 0 Å². The Labute approximate surface area is 100 Å². The van der Waals surface area contributed by atoms with E-state index in [4.69, 9.17) is 9.84 Å². The average Bonchev–Trinajstić information content (AvgIpc) is 1.96. The molecular weight excluding hydrogens is 226 g/mol. The fourth-order valence-corrected chi connectivity index (χ4v) is 1.20. The molecule has 0 aromatic heterocycles. The zero-order valence-electron chi connectivity index (χ0n) is 10.8. The van der Waals surface area contributed by atoms with Crippen molar-refractivity contribution in [1.82, 2.24) is 5.32 Å². The third-order valence-corrected chi connectivity index (χ3v) is 1.85. The fraction of sp³-hybridized carbons (Fsp3) is 0.727. The Morgan fingerprint density at radius 2 is 1.65 bits per heavy atom. The summed E-state index contributed by atoms with van der Waals surface area (Å²) in [6, 6.07) is 0. The average molecular weight is 245 g/mol. The molecule has 1 unspecified atom stereocenters. The standard InChI is InChI=1S/C11H19NO5/c1-7(13)6-11(5,8(14)15)12-9(16)17-10(2,3)4/h6H2,1-5H3,(H,12,16)(H,14,15). The number of alkyl carbamates (subject to hydrolysis) is 1. The number of nitrogens with one attached hydrogen (secondary N) is 1. The molecule has 0 saturated heterocycles. The smallest absolute Gasteiger partial charge is 0.408 e. The molecule has 0 aromatic rings. The van der Waals surface area contributed by atoms with Crippen LogP contribution < -0.4 is 5.32 Å². The first-order chi connectivity index (χ1) is 7.46. The van der Waals surface area contributed by atoms with Gasteiger partial charge in [-0.3, -0.25) is 4.79 Å². The number of aliphatic carboxylic acids is 1. The summed E-state index contributed by atoms with van der Waals surface area (Å²) in [5, 5.41) is 11.2. The number of Topliss-reactive ketones (excluding diaryl/α,β-unsaturated/α-hetero) is 1. The predicted octanol–water partition coefficient (Wildman–Crippen LogP) is 1.33. The Morgan fingerprint density at radius 3 is 1.94 bits per heavy atom. The predicted molar refractivity (Wildman–Crippen MR) is 60.7 cm³/mol. The monoisotopic (exact) mass is 245 g/mol. The lowest BCUT2D eigenvalue weighted by Crippen LogP contribution is -2.54. The van der Waals surface area contributed by atoms with E-state index in [1.54, 1.807) is 20.8 Å². The SMILES string of the molecule is CC(=O)CC(C)(NC(=O)OC(C)(C)C)C(=O)O. The maximum Gasteiger partial charge on any atom is 0.408 e. The van der Waals surface area contributed by atoms with Gasteiger partial charge in [0.1, 0.15) is 16.9 Å². The van der Waals surface area contributed by atoms with Gasteiger partial charge in [-0.1, -0.05) is 0 Å². The lowest BCUT2D eigenvalue weighted by Gasteiger charge is -2.27. The number of carboxylic acids is 1. The van der Waals surface area contributed by atoms with Crippen molar-refractivity contribution < 1.29 is 24.2 Å². The summed E-state index contributed by atoms with van der Waals surface area (Å²) in [5.74, 6) is -1.61. The van der Waals surface area contributed by atoms with Gasteiger partial charge in [0.05, 0.1) is 0 Å². The molecular formula is C11H19NO5. The minimum atomic E-state index is -1.64. The number of rotatable bonds is 4. The van der Waals surface area contributed by atoms with Gasteiger partial charge < -0.3 is 15.2 Å². The van der Waals surface area contributed by atoms with Crippen LogP contribution >= 0.6 is 0 Å². The van der Waals surface area contributed by atoms with Crippen molar-refractivity contribution in [2.75, 3.05) is 0 Å². The van der Waals surface area contributed by atoms with E-state index >= 15 is 0 Å². The summed E-state index contributed by atoms with van der Waals surface area (Å²) in [6.45, 7) is 7.51. The molecule has 0 aliphatic rings. The van der Waals surface area contributed by atoms with Crippen molar-refractivity contribution in [3.8, 4) is 0 Å². The molecule has 17 heavy (non-hydrogen) atoms. The van der Waals surface area contributed by atoms with E-state index in [0.29, 0.717) is 0 Å². The highest BCUT2D eigenvalue weighted by Crippen LogP contribution is 2.13. The molecule has 6 heteroatoms. The number of ether oxygens (including phenoxy) is 1. The summed E-state index contributed by atoms with van der Waals surface area (Å²) in [5.41, 5.74) is -2.37. The Hall–Kier alpha value is -1.59. The maximum absolute atomic E-state index is 11.5. The number of ketones is 1. The van der Waals surface area contributed by atoms with E-state index in [0.717, 1.165) is 0 Å². The highest BCUT2D eigenvalue weighted by atomic mass is 16.6. The molecule has 0 aliphatic carbocycles. The Morgan fingerprint density at radius 1 is 1.18 bits per heavy atom. The van der Waals surface area contributed by atoms with Gasteiger partial charge in [-0.15, -0.1) is 0 Å². The Balaban J connectivity index is 4.72. The minimum absolute atomic E-state index is 0.290. The van der Waals surface area contributed by atoms with E-state index in [1.807, 2.05) is 0 Å². The van der Waals surface area contributed by atoms with Gasteiger partial charge >= 0.3 is 12.1 Å². The summed E-state index contributed by atoms with van der Waals surface area (Å²) in [6.07, 6.45) is -1.15. The molecule has 1 atom stereocenters. The number of carboxylic acid groups (broad SMARTS) is 1. The molecule has 0 rings (SSSR count). The van der Waals surface area contributed by atoms with Crippen LogP contribution in [0.3, 0.4) is 0 Å². The van der Waals surface area contributed by atoms with Crippen molar-refractivity contribution >= 4 is 17.8 Å². The zero-order chi connectivity index (χ0) is 13.9. The highest BCUT2D eigenvalue weighted by Gasteiger charge is 2.37. The third kappa shape index (κ3) is 5.89. The highest BCUT2D eigenvalue weighted by molar-refractivity contribution is 5.90. The van der Waals surface area contributed by atoms with Gasteiger partial charge in [0.25, 0.3) is 0 Å². The number of hydrogen-bond donors (Lipinski definition) is 2. The third-order valence-electron chi connectivity index (χ3n) is 1.85. The van der Waals surface area contributed by atoms with Gasteiger partial charge in [-0.2, -0.15) is 0 Å². The van der Waals surface area contributed by atoms with E-state index in [9.17, 15) is 14.4 Å². The second kappa shape index (κ2) is 5.16. The normalized spacial score (nSPS) is 14.6. The van der Waals surface area contributed by atoms with Gasteiger partial charge in [0, 0.05) is 6.42 Å². The molecule has 0 radical (unpaired) electrons. The van der Waals surface area contributed by atoms with E-state index in [-0.39, 0.29) is 12.2 Å². The Kier molecular flexibility index (Phi) is 4.68. The second-order valence-electron chi connectivity index (χ2n) is 5.14. The number of carbonyl (C=O) groups is 3. The molecule has 0 spiro atoms. The van der Waals surface area contributed by atoms with Crippen molar-refractivity contribution in [2.45, 2.75) is 52.2 Å². The molecule has 0 heterocycles. The van der Waals surface area contributed by atoms with E-state index in [2.05, 4.69) is 5.32 Å². The van der Waals surface area contributed by atoms with Crippen LogP contribution in [0.2, 0.25) is 0 Å². The van der Waals surface area contributed by atoms with Crippen LogP contribution in [-0.4, -0.2) is 34.1 Å². The van der Waals surface area contributed by atoms with Crippen LogP contribution in [0.15, 0.2) is 0 Å². The van der Waals surface area contributed by atoms with Gasteiger partial charge in [-0.25, -0.2) is 9.59 Å². The topological polar surface area (TPSA) is 92.7 Å². The summed E-state index contributed by atoms with van der Waals surface area (Å²) in [4.78, 5) is 33.5. The summed E-state index contributed by atoms with van der Waals surface area (Å²) < 4.78 is 4.94. The van der Waals surface area contributed by atoms with Crippen LogP contribution in [0, 0.1) is 0 Å². The van der Waals surface area contributed by atoms with Crippen LogP contribution in [0.1, 0.15) is 41.0 Å². The number of carbonyl (C=O) groups excluding carboxylic acids is 2. The molecule has 0 bridgehead atoms. The summed E-state index contributed by atoms with van der Waals surface area (Å²) in [7, 11) is 0. The maximum atomic E-state index is 11.5. The van der Waals surface area contributed by atoms with Crippen LogP contribution in [-0.2, 0) is 14.3 Å². The number of amides is 1. The minimum Gasteiger partial charge on any atom is -0.480 e. The van der Waals surface area contributed by atoms with Gasteiger partial charge in [0.15, 0.2) is 0 Å². The van der Waals surface area contributed by atoms with Crippen LogP contribution in [0.5, 0.6) is 0 Å². The molecule has 0 saturated carbocycles. The van der Waals surface area contributed by atoms with Gasteiger partial charge in [-0.05, 0) is 34.6 Å². The zero-order valence-corrected chi connectivity index (χ0v) is 10.8. The first-order valence-corrected chi connectivity index (χ1v) is 5.20. The first-order valence-electron chi connectivity index (χ1n) is 5.20. The van der Waals surface area contributed by atoms with Crippen molar-refractivity contribution in [3.63, 3.8) is 0 Å². The quantitative estimate of drug-likeness (QED) is 0.779. The molecule has 0 fully saturated rings. The van der Waals surface area contributed by atoms with E-state index < -0.39 is 23.2 Å². The largest absolute Gasteiger partial charge is 0.480 e. The first kappa shape index (κ1) is 15.4. The lowest BCUT2D eigenvalue weighted by atomic mass is 9.96. The molecule has 0 aliphatic heterocycles. The second-order valence-corrected chi connectivity index (χ2v) is 5.14. The molecule has 98 valence electrons. The summed E-state index contributed by atoms with van der Waals surface area (Å²) >= 11 is 0. The molecule has 6 nitrogen and oxygen atoms in total. The van der Waals surface area contributed by atoms with Crippen molar-refractivity contribution in [3.05, 3.63) is 0 Å². The fourth-order valence-electron chi connectivity index (χ4n) is 1.20.